The summed E-state index contributed by atoms with van der Waals surface area (Å²) >= 11 is 0. The number of nitrogens with two attached hydrogens (primary N) is 1. The number of nitrogens with zero attached hydrogens (tertiary/aromatic N) is 3. The maximum absolute atomic E-state index is 12.7. The van der Waals surface area contributed by atoms with E-state index in [1.165, 1.54) is 0 Å². The number of rotatable bonds is 5. The van der Waals surface area contributed by atoms with Crippen LogP contribution in [0.3, 0.4) is 0 Å². The number of aromatic nitrogens is 2. The van der Waals surface area contributed by atoms with Crippen molar-refractivity contribution in [2.45, 2.75) is 18.9 Å². The van der Waals surface area contributed by atoms with Crippen LogP contribution in [0.1, 0.15) is 29.2 Å². The lowest BCUT2D eigenvalue weighted by Crippen LogP contribution is -2.40. The summed E-state index contributed by atoms with van der Waals surface area (Å²) in [4.78, 5) is 29.3. The van der Waals surface area contributed by atoms with E-state index in [-0.39, 0.29) is 18.6 Å². The van der Waals surface area contributed by atoms with E-state index in [2.05, 4.69) is 9.55 Å². The minimum atomic E-state index is -0.533. The summed E-state index contributed by atoms with van der Waals surface area (Å²) in [6.07, 6.45) is 7.49. The Morgan fingerprint density at radius 3 is 2.75 bits per heavy atom. The highest BCUT2D eigenvalue weighted by Crippen LogP contribution is 2.23. The Hall–Kier alpha value is -2.83. The summed E-state index contributed by atoms with van der Waals surface area (Å²) < 4.78 is 7.26. The second-order valence-electron chi connectivity index (χ2n) is 5.84. The molecule has 1 aliphatic rings. The molecule has 1 atom stereocenters. The van der Waals surface area contributed by atoms with E-state index in [4.69, 9.17) is 10.5 Å². The fraction of sp³-hybridized carbons (Fsp3) is 0.353. The lowest BCUT2D eigenvalue weighted by Gasteiger charge is -2.33. The largest absolute Gasteiger partial charge is 0.484 e. The SMILES string of the molecule is NC(=O)COc1ccc(C(=O)N2CCC[C@@H](n3ccnc3)C2)cc1. The third kappa shape index (κ3) is 3.73. The number of carbonyl (C=O) groups is 2. The quantitative estimate of drug-likeness (QED) is 0.893. The molecule has 2 heterocycles. The van der Waals surface area contributed by atoms with E-state index in [1.54, 1.807) is 36.8 Å². The molecule has 0 bridgehead atoms. The van der Waals surface area contributed by atoms with E-state index in [0.29, 0.717) is 17.9 Å². The number of likely N-dealkylation sites (tertiary alicyclic amines) is 1. The molecule has 2 N–H and O–H groups in total. The predicted molar refractivity (Wildman–Crippen MR) is 87.5 cm³/mol. The predicted octanol–water partition coefficient (Wildman–Crippen LogP) is 1.22. The third-order valence-electron chi connectivity index (χ3n) is 4.11. The third-order valence-corrected chi connectivity index (χ3v) is 4.11. The molecule has 1 aromatic heterocycles. The van der Waals surface area contributed by atoms with E-state index in [0.717, 1.165) is 19.4 Å². The van der Waals surface area contributed by atoms with Crippen molar-refractivity contribution in [1.82, 2.24) is 14.5 Å². The van der Waals surface area contributed by atoms with Gasteiger partial charge >= 0.3 is 0 Å². The fourth-order valence-corrected chi connectivity index (χ4v) is 2.90. The maximum Gasteiger partial charge on any atom is 0.255 e. The van der Waals surface area contributed by atoms with Crippen LogP contribution in [0.15, 0.2) is 43.0 Å². The van der Waals surface area contributed by atoms with Gasteiger partial charge in [-0.3, -0.25) is 9.59 Å². The van der Waals surface area contributed by atoms with Gasteiger partial charge in [0, 0.05) is 31.0 Å². The van der Waals surface area contributed by atoms with Crippen molar-refractivity contribution in [3.8, 4) is 5.75 Å². The number of primary amides is 1. The number of amides is 2. The van der Waals surface area contributed by atoms with Gasteiger partial charge in [0.2, 0.25) is 0 Å². The molecule has 1 saturated heterocycles. The standard InChI is InChI=1S/C17H20N4O3/c18-16(22)11-24-15-5-3-13(4-6-15)17(23)20-8-1-2-14(10-20)21-9-7-19-12-21/h3-7,9,12,14H,1-2,8,10-11H2,(H2,18,22)/t14-/m1/s1. The Bertz CT molecular complexity index is 697. The van der Waals surface area contributed by atoms with Crippen LogP contribution in [-0.4, -0.2) is 46.0 Å². The number of carbonyl (C=O) groups excluding carboxylic acids is 2. The number of benzene rings is 1. The molecule has 7 heteroatoms. The second kappa shape index (κ2) is 7.16. The van der Waals surface area contributed by atoms with Gasteiger partial charge in [0.1, 0.15) is 5.75 Å². The molecular formula is C17H20N4O3. The summed E-state index contributed by atoms with van der Waals surface area (Å²) in [5.41, 5.74) is 5.64. The second-order valence-corrected chi connectivity index (χ2v) is 5.84. The van der Waals surface area contributed by atoms with Crippen LogP contribution in [0.4, 0.5) is 0 Å². The first-order valence-corrected chi connectivity index (χ1v) is 7.91. The molecule has 0 spiro atoms. The average molecular weight is 328 g/mol. The van der Waals surface area contributed by atoms with Crippen LogP contribution in [-0.2, 0) is 4.79 Å². The molecule has 1 aromatic carbocycles. The first-order chi connectivity index (χ1) is 11.6. The van der Waals surface area contributed by atoms with Gasteiger partial charge in [0.05, 0.1) is 12.4 Å². The van der Waals surface area contributed by atoms with Gasteiger partial charge in [-0.1, -0.05) is 0 Å². The monoisotopic (exact) mass is 328 g/mol. The first kappa shape index (κ1) is 16.0. The van der Waals surface area contributed by atoms with Gasteiger partial charge in [0.15, 0.2) is 6.61 Å². The lowest BCUT2D eigenvalue weighted by molar-refractivity contribution is -0.119. The number of hydrogen-bond donors (Lipinski definition) is 1. The van der Waals surface area contributed by atoms with Gasteiger partial charge in [-0.25, -0.2) is 4.98 Å². The molecular weight excluding hydrogens is 308 g/mol. The first-order valence-electron chi connectivity index (χ1n) is 7.91. The zero-order valence-corrected chi connectivity index (χ0v) is 13.3. The summed E-state index contributed by atoms with van der Waals surface area (Å²) in [5, 5.41) is 0. The van der Waals surface area contributed by atoms with E-state index < -0.39 is 5.91 Å². The molecule has 3 rings (SSSR count). The molecule has 0 aliphatic carbocycles. The zero-order chi connectivity index (χ0) is 16.9. The molecule has 1 aliphatic heterocycles. The summed E-state index contributed by atoms with van der Waals surface area (Å²) in [5.74, 6) is -0.0180. The minimum absolute atomic E-state index is 0.00117. The molecule has 2 amide bonds. The van der Waals surface area contributed by atoms with Gasteiger partial charge in [-0.15, -0.1) is 0 Å². The molecule has 0 unspecified atom stereocenters. The Morgan fingerprint density at radius 1 is 1.29 bits per heavy atom. The molecule has 0 saturated carbocycles. The molecule has 1 fully saturated rings. The highest BCUT2D eigenvalue weighted by molar-refractivity contribution is 5.94. The van der Waals surface area contributed by atoms with E-state index >= 15 is 0 Å². The van der Waals surface area contributed by atoms with Crippen molar-refractivity contribution < 1.29 is 14.3 Å². The van der Waals surface area contributed by atoms with Crippen LogP contribution < -0.4 is 10.5 Å². The van der Waals surface area contributed by atoms with Gasteiger partial charge < -0.3 is 19.9 Å². The number of imidazole rings is 1. The van der Waals surface area contributed by atoms with E-state index in [1.807, 2.05) is 11.1 Å². The smallest absolute Gasteiger partial charge is 0.255 e. The van der Waals surface area contributed by atoms with Gasteiger partial charge in [-0.2, -0.15) is 0 Å². The topological polar surface area (TPSA) is 90.5 Å². The summed E-state index contributed by atoms with van der Waals surface area (Å²) in [6, 6.07) is 7.03. The van der Waals surface area contributed by atoms with Crippen molar-refractivity contribution in [2.75, 3.05) is 19.7 Å². The van der Waals surface area contributed by atoms with E-state index in [9.17, 15) is 9.59 Å². The van der Waals surface area contributed by atoms with Crippen molar-refractivity contribution in [3.63, 3.8) is 0 Å². The Kier molecular flexibility index (Phi) is 4.79. The number of ether oxygens (including phenoxy) is 1. The van der Waals surface area contributed by atoms with Crippen molar-refractivity contribution >= 4 is 11.8 Å². The van der Waals surface area contributed by atoms with Crippen molar-refractivity contribution in [3.05, 3.63) is 48.5 Å². The summed E-state index contributed by atoms with van der Waals surface area (Å²) in [6.45, 7) is 1.26. The Labute approximate surface area is 140 Å². The highest BCUT2D eigenvalue weighted by atomic mass is 16.5. The molecule has 0 radical (unpaired) electrons. The average Bonchev–Trinajstić information content (AvgIpc) is 3.14. The zero-order valence-electron chi connectivity index (χ0n) is 13.3. The maximum atomic E-state index is 12.7. The summed E-state index contributed by atoms with van der Waals surface area (Å²) in [7, 11) is 0. The van der Waals surface area contributed by atoms with Gasteiger partial charge in [0.25, 0.3) is 11.8 Å². The lowest BCUT2D eigenvalue weighted by atomic mass is 10.0. The molecule has 2 aromatic rings. The Balaban J connectivity index is 1.64. The van der Waals surface area contributed by atoms with Crippen LogP contribution in [0.5, 0.6) is 5.75 Å². The normalized spacial score (nSPS) is 17.5. The molecule has 126 valence electrons. The van der Waals surface area contributed by atoms with Crippen LogP contribution in [0.2, 0.25) is 0 Å². The van der Waals surface area contributed by atoms with Crippen LogP contribution in [0.25, 0.3) is 0 Å². The fourth-order valence-electron chi connectivity index (χ4n) is 2.90. The molecule has 7 nitrogen and oxygen atoms in total. The number of hydrogen-bond acceptors (Lipinski definition) is 4. The number of piperidine rings is 1. The Morgan fingerprint density at radius 2 is 2.08 bits per heavy atom. The van der Waals surface area contributed by atoms with Gasteiger partial charge in [-0.05, 0) is 37.1 Å². The molecule has 24 heavy (non-hydrogen) atoms. The van der Waals surface area contributed by atoms with Crippen molar-refractivity contribution in [1.29, 1.82) is 0 Å². The minimum Gasteiger partial charge on any atom is -0.484 e. The van der Waals surface area contributed by atoms with Crippen LogP contribution in [0, 0.1) is 0 Å². The van der Waals surface area contributed by atoms with Crippen molar-refractivity contribution in [2.24, 2.45) is 5.73 Å². The highest BCUT2D eigenvalue weighted by Gasteiger charge is 2.25. The van der Waals surface area contributed by atoms with Crippen LogP contribution >= 0.6 is 0 Å².